The fourth-order valence-electron chi connectivity index (χ4n) is 5.50. The number of carbonyl (C=O) groups excluding carboxylic acids is 1. The Kier molecular flexibility index (Phi) is 6.86. The van der Waals surface area contributed by atoms with Crippen molar-refractivity contribution in [2.24, 2.45) is 7.05 Å². The normalized spacial score (nSPS) is 16.2. The fourth-order valence-corrected chi connectivity index (χ4v) is 5.50. The summed E-state index contributed by atoms with van der Waals surface area (Å²) in [5.74, 6) is 1.01. The molecule has 0 unspecified atom stereocenters. The Morgan fingerprint density at radius 3 is 2.60 bits per heavy atom. The van der Waals surface area contributed by atoms with Crippen LogP contribution in [0.2, 0.25) is 0 Å². The number of amides is 1. The molecule has 1 N–H and O–H groups in total. The van der Waals surface area contributed by atoms with Crippen LogP contribution in [0.1, 0.15) is 13.3 Å². The minimum Gasteiger partial charge on any atom is -0.494 e. The number of aryl methyl sites for hydroxylation is 1. The van der Waals surface area contributed by atoms with E-state index in [9.17, 15) is 9.59 Å². The first kappa shape index (κ1) is 25.8. The van der Waals surface area contributed by atoms with E-state index in [1.54, 1.807) is 22.7 Å². The van der Waals surface area contributed by atoms with Crippen LogP contribution in [0.15, 0.2) is 77.9 Å². The van der Waals surface area contributed by atoms with Crippen molar-refractivity contribution in [2.75, 3.05) is 33.3 Å². The summed E-state index contributed by atoms with van der Waals surface area (Å²) in [5, 5.41) is 1.95. The van der Waals surface area contributed by atoms with Gasteiger partial charge in [0.15, 0.2) is 0 Å². The molecule has 1 aliphatic heterocycles. The Labute approximate surface area is 232 Å². The van der Waals surface area contributed by atoms with Crippen LogP contribution in [-0.4, -0.2) is 69.6 Å². The van der Waals surface area contributed by atoms with Crippen LogP contribution in [0.5, 0.6) is 5.75 Å². The van der Waals surface area contributed by atoms with E-state index in [1.165, 1.54) is 0 Å². The summed E-state index contributed by atoms with van der Waals surface area (Å²) < 4.78 is 7.59. The van der Waals surface area contributed by atoms with Crippen molar-refractivity contribution in [1.29, 1.82) is 0 Å². The molecule has 1 amide bonds. The lowest BCUT2D eigenvalue weighted by atomic mass is 10.0. The quantitative estimate of drug-likeness (QED) is 0.306. The van der Waals surface area contributed by atoms with Gasteiger partial charge >= 0.3 is 0 Å². The minimum absolute atomic E-state index is 0.0368. The van der Waals surface area contributed by atoms with Gasteiger partial charge in [0, 0.05) is 68.0 Å². The van der Waals surface area contributed by atoms with Gasteiger partial charge in [-0.25, -0.2) is 4.98 Å². The molecular formula is C32H33N5O3. The number of hydrogen-bond acceptors (Lipinski definition) is 5. The van der Waals surface area contributed by atoms with Gasteiger partial charge in [-0.2, -0.15) is 0 Å². The lowest BCUT2D eigenvalue weighted by Crippen LogP contribution is -2.54. The molecule has 3 aromatic heterocycles. The molecule has 1 aliphatic rings. The summed E-state index contributed by atoms with van der Waals surface area (Å²) in [4.78, 5) is 36.6. The van der Waals surface area contributed by atoms with Crippen LogP contribution in [0.25, 0.3) is 44.2 Å². The molecule has 1 atom stereocenters. The highest BCUT2D eigenvalue weighted by molar-refractivity contribution is 5.97. The number of benzene rings is 2. The topological polar surface area (TPSA) is 83.5 Å². The van der Waals surface area contributed by atoms with E-state index < -0.39 is 0 Å². The SMILES string of the molecule is C[C@@H]1C(=O)N(C)CCN1CCCOc1ccc(-c2ccc3cc(-c4cn(C)c(=O)c5[nH]ccc45)ccc3n2)cc1. The van der Waals surface area contributed by atoms with Crippen molar-refractivity contribution < 1.29 is 9.53 Å². The second-order valence-electron chi connectivity index (χ2n) is 10.5. The molecule has 0 spiro atoms. The number of fused-ring (bicyclic) bond motifs is 2. The summed E-state index contributed by atoms with van der Waals surface area (Å²) in [6, 6.07) is 20.2. The molecule has 0 aliphatic carbocycles. The van der Waals surface area contributed by atoms with Crippen LogP contribution in [-0.2, 0) is 11.8 Å². The number of carbonyl (C=O) groups is 1. The summed E-state index contributed by atoms with van der Waals surface area (Å²) in [5.41, 5.74) is 5.45. The second-order valence-corrected chi connectivity index (χ2v) is 10.5. The van der Waals surface area contributed by atoms with E-state index in [1.807, 2.05) is 62.6 Å². The highest BCUT2D eigenvalue weighted by atomic mass is 16.5. The van der Waals surface area contributed by atoms with E-state index in [0.29, 0.717) is 12.1 Å². The Hall–Kier alpha value is -4.43. The average Bonchev–Trinajstić information content (AvgIpc) is 3.47. The van der Waals surface area contributed by atoms with Gasteiger partial charge in [-0.15, -0.1) is 0 Å². The molecule has 0 saturated carbocycles. The van der Waals surface area contributed by atoms with E-state index in [0.717, 1.165) is 70.5 Å². The predicted octanol–water partition coefficient (Wildman–Crippen LogP) is 4.68. The molecule has 6 rings (SSSR count). The first-order valence-corrected chi connectivity index (χ1v) is 13.7. The Morgan fingerprint density at radius 2 is 1.77 bits per heavy atom. The molecule has 204 valence electrons. The number of ether oxygens (including phenoxy) is 1. The zero-order valence-electron chi connectivity index (χ0n) is 23.1. The monoisotopic (exact) mass is 535 g/mol. The van der Waals surface area contributed by atoms with Crippen molar-refractivity contribution in [1.82, 2.24) is 24.3 Å². The molecule has 40 heavy (non-hydrogen) atoms. The number of nitrogens with zero attached hydrogens (tertiary/aromatic N) is 4. The van der Waals surface area contributed by atoms with Gasteiger partial charge in [0.1, 0.15) is 11.3 Å². The Balaban J connectivity index is 1.12. The Morgan fingerprint density at radius 1 is 0.975 bits per heavy atom. The standard InChI is InChI=1S/C32H33N5O3/c1-21-31(38)35(2)16-17-37(21)15-4-18-40-25-9-5-22(6-10-25)28-12-8-24-19-23(7-11-29(24)34-28)27-20-36(3)32(39)30-26(27)13-14-33-30/h5-14,19-21,33H,4,15-18H2,1-3H3/t21-/m1/s1. The molecule has 8 heteroatoms. The average molecular weight is 536 g/mol. The first-order chi connectivity index (χ1) is 19.4. The van der Waals surface area contributed by atoms with Crippen LogP contribution < -0.4 is 10.3 Å². The van der Waals surface area contributed by atoms with Gasteiger partial charge < -0.3 is 19.2 Å². The second kappa shape index (κ2) is 10.6. The van der Waals surface area contributed by atoms with E-state index in [-0.39, 0.29) is 17.5 Å². The molecule has 1 saturated heterocycles. The molecular weight excluding hydrogens is 502 g/mol. The van der Waals surface area contributed by atoms with Crippen molar-refractivity contribution in [3.8, 4) is 28.1 Å². The van der Waals surface area contributed by atoms with Crippen LogP contribution in [0, 0.1) is 0 Å². The highest BCUT2D eigenvalue weighted by Gasteiger charge is 2.28. The molecule has 0 radical (unpaired) electrons. The molecule has 0 bridgehead atoms. The fraction of sp³-hybridized carbons (Fsp3) is 0.281. The third kappa shape index (κ3) is 4.86. The smallest absolute Gasteiger partial charge is 0.274 e. The van der Waals surface area contributed by atoms with Crippen molar-refractivity contribution in [3.63, 3.8) is 0 Å². The largest absolute Gasteiger partial charge is 0.494 e. The lowest BCUT2D eigenvalue weighted by Gasteiger charge is -2.37. The van der Waals surface area contributed by atoms with Gasteiger partial charge in [-0.1, -0.05) is 12.1 Å². The van der Waals surface area contributed by atoms with E-state index >= 15 is 0 Å². The van der Waals surface area contributed by atoms with Gasteiger partial charge in [0.2, 0.25) is 5.91 Å². The number of H-pyrrole nitrogens is 1. The number of nitrogens with one attached hydrogen (secondary N) is 1. The highest BCUT2D eigenvalue weighted by Crippen LogP contribution is 2.30. The maximum absolute atomic E-state index is 12.4. The third-order valence-corrected chi connectivity index (χ3v) is 7.91. The number of likely N-dealkylation sites (N-methyl/N-ethyl adjacent to an activating group) is 1. The summed E-state index contributed by atoms with van der Waals surface area (Å²) >= 11 is 0. The summed E-state index contributed by atoms with van der Waals surface area (Å²) in [6.45, 7) is 5.11. The van der Waals surface area contributed by atoms with Crippen molar-refractivity contribution in [3.05, 3.63) is 83.4 Å². The van der Waals surface area contributed by atoms with Crippen LogP contribution in [0.3, 0.4) is 0 Å². The van der Waals surface area contributed by atoms with E-state index in [2.05, 4.69) is 28.1 Å². The minimum atomic E-state index is -0.0669. The predicted molar refractivity (Wildman–Crippen MR) is 158 cm³/mol. The Bertz CT molecular complexity index is 1750. The number of rotatable bonds is 7. The molecule has 8 nitrogen and oxygen atoms in total. The molecule has 5 aromatic rings. The number of aromatic nitrogens is 3. The molecule has 1 fully saturated rings. The van der Waals surface area contributed by atoms with Crippen LogP contribution >= 0.6 is 0 Å². The summed E-state index contributed by atoms with van der Waals surface area (Å²) in [7, 11) is 3.64. The van der Waals surface area contributed by atoms with Gasteiger partial charge in [0.05, 0.1) is 23.9 Å². The van der Waals surface area contributed by atoms with Crippen molar-refractivity contribution in [2.45, 2.75) is 19.4 Å². The van der Waals surface area contributed by atoms with E-state index in [4.69, 9.17) is 9.72 Å². The number of aromatic amines is 1. The molecule has 4 heterocycles. The maximum Gasteiger partial charge on any atom is 0.274 e. The molecule has 2 aromatic carbocycles. The number of pyridine rings is 2. The van der Waals surface area contributed by atoms with Crippen LogP contribution in [0.4, 0.5) is 0 Å². The van der Waals surface area contributed by atoms with Gasteiger partial charge in [-0.05, 0) is 67.4 Å². The van der Waals surface area contributed by atoms with Gasteiger partial charge in [-0.3, -0.25) is 14.5 Å². The summed E-state index contributed by atoms with van der Waals surface area (Å²) in [6.07, 6.45) is 4.56. The van der Waals surface area contributed by atoms with Crippen molar-refractivity contribution >= 4 is 27.7 Å². The maximum atomic E-state index is 12.4. The zero-order chi connectivity index (χ0) is 27.8. The third-order valence-electron chi connectivity index (χ3n) is 7.91. The number of piperazine rings is 1. The lowest BCUT2D eigenvalue weighted by molar-refractivity contribution is -0.139. The first-order valence-electron chi connectivity index (χ1n) is 13.7. The zero-order valence-corrected chi connectivity index (χ0v) is 23.1. The van der Waals surface area contributed by atoms with Gasteiger partial charge in [0.25, 0.3) is 5.56 Å². The number of hydrogen-bond donors (Lipinski definition) is 1.